The van der Waals surface area contributed by atoms with Crippen LogP contribution in [0.4, 0.5) is 18.9 Å². The Morgan fingerprint density at radius 2 is 1.92 bits per heavy atom. The summed E-state index contributed by atoms with van der Waals surface area (Å²) in [4.78, 5) is 25.4. The third-order valence-corrected chi connectivity index (χ3v) is 3.43. The summed E-state index contributed by atoms with van der Waals surface area (Å²) in [6, 6.07) is 6.62. The molecule has 3 rings (SSSR count). The molecule has 5 nitrogen and oxygen atoms in total. The molecule has 1 aromatic heterocycles. The van der Waals surface area contributed by atoms with Crippen molar-refractivity contribution in [3.63, 3.8) is 0 Å². The van der Waals surface area contributed by atoms with E-state index >= 15 is 0 Å². The molecule has 3 aromatic rings. The molecular formula is C16H11F3N2O3. The van der Waals surface area contributed by atoms with Crippen molar-refractivity contribution in [2.24, 2.45) is 0 Å². The fourth-order valence-corrected chi connectivity index (χ4v) is 2.25. The molecule has 0 unspecified atom stereocenters. The molecule has 0 saturated carbocycles. The molecule has 8 heteroatoms. The first-order chi connectivity index (χ1) is 11.4. The number of amides is 1. The number of carbonyl (C=O) groups excluding carboxylic acids is 1. The van der Waals surface area contributed by atoms with E-state index in [1.54, 1.807) is 18.2 Å². The van der Waals surface area contributed by atoms with E-state index in [2.05, 4.69) is 10.3 Å². The van der Waals surface area contributed by atoms with Crippen molar-refractivity contribution in [3.05, 3.63) is 63.9 Å². The summed E-state index contributed by atoms with van der Waals surface area (Å²) in [7, 11) is 0. The van der Waals surface area contributed by atoms with Crippen molar-refractivity contribution in [1.82, 2.24) is 4.98 Å². The Morgan fingerprint density at radius 1 is 1.12 bits per heavy atom. The fourth-order valence-electron chi connectivity index (χ4n) is 2.25. The molecule has 24 heavy (non-hydrogen) atoms. The number of carbonyl (C=O) groups is 1. The monoisotopic (exact) mass is 336 g/mol. The summed E-state index contributed by atoms with van der Waals surface area (Å²) in [6.07, 6.45) is 0.298. The Balaban J connectivity index is 1.66. The summed E-state index contributed by atoms with van der Waals surface area (Å²) >= 11 is 0. The number of H-pyrrole nitrogens is 1. The van der Waals surface area contributed by atoms with Crippen molar-refractivity contribution in [1.29, 1.82) is 0 Å². The highest BCUT2D eigenvalue weighted by Gasteiger charge is 2.15. The number of aromatic nitrogens is 1. The normalized spacial score (nSPS) is 11.0. The standard InChI is InChI=1S/C16H11F3N2O3/c17-9-3-4-10(15(19)14(9)18)20-13(22)6-2-8-1-5-12-11(7-8)21-16(23)24-12/h1,3-5,7H,2,6H2,(H,20,22)(H,21,23). The molecule has 124 valence electrons. The second-order valence-electron chi connectivity index (χ2n) is 5.12. The number of benzene rings is 2. The Labute approximate surface area is 133 Å². The van der Waals surface area contributed by atoms with E-state index in [0.717, 1.165) is 17.7 Å². The Hall–Kier alpha value is -3.03. The largest absolute Gasteiger partial charge is 0.417 e. The minimum Gasteiger partial charge on any atom is -0.408 e. The van der Waals surface area contributed by atoms with E-state index in [9.17, 15) is 22.8 Å². The van der Waals surface area contributed by atoms with E-state index in [1.807, 2.05) is 0 Å². The topological polar surface area (TPSA) is 75.1 Å². The van der Waals surface area contributed by atoms with Crippen LogP contribution >= 0.6 is 0 Å². The lowest BCUT2D eigenvalue weighted by Crippen LogP contribution is -2.14. The number of fused-ring (bicyclic) bond motifs is 1. The van der Waals surface area contributed by atoms with E-state index in [1.165, 1.54) is 0 Å². The minimum absolute atomic E-state index is 0.00791. The van der Waals surface area contributed by atoms with Crippen LogP contribution in [-0.2, 0) is 11.2 Å². The van der Waals surface area contributed by atoms with Crippen molar-refractivity contribution >= 4 is 22.7 Å². The van der Waals surface area contributed by atoms with Crippen molar-refractivity contribution in [2.45, 2.75) is 12.8 Å². The van der Waals surface area contributed by atoms with E-state index < -0.39 is 34.8 Å². The van der Waals surface area contributed by atoms with Crippen LogP contribution in [0.25, 0.3) is 11.1 Å². The first-order valence-corrected chi connectivity index (χ1v) is 6.99. The maximum absolute atomic E-state index is 13.5. The number of rotatable bonds is 4. The van der Waals surface area contributed by atoms with Gasteiger partial charge in [-0.2, -0.15) is 0 Å². The van der Waals surface area contributed by atoms with E-state index in [-0.39, 0.29) is 6.42 Å². The highest BCUT2D eigenvalue weighted by atomic mass is 19.2. The molecule has 1 amide bonds. The number of oxazole rings is 1. The van der Waals surface area contributed by atoms with Gasteiger partial charge in [-0.15, -0.1) is 0 Å². The average molecular weight is 336 g/mol. The highest BCUT2D eigenvalue weighted by molar-refractivity contribution is 5.91. The van der Waals surface area contributed by atoms with Gasteiger partial charge in [0, 0.05) is 6.42 Å². The zero-order chi connectivity index (χ0) is 17.3. The highest BCUT2D eigenvalue weighted by Crippen LogP contribution is 2.20. The van der Waals surface area contributed by atoms with Gasteiger partial charge in [-0.1, -0.05) is 6.07 Å². The molecule has 0 aliphatic carbocycles. The van der Waals surface area contributed by atoms with Gasteiger partial charge in [-0.25, -0.2) is 18.0 Å². The average Bonchev–Trinajstić information content (AvgIpc) is 2.93. The Kier molecular flexibility index (Phi) is 4.11. The van der Waals surface area contributed by atoms with Crippen LogP contribution < -0.4 is 11.1 Å². The minimum atomic E-state index is -1.64. The van der Waals surface area contributed by atoms with Gasteiger partial charge in [0.2, 0.25) is 5.91 Å². The van der Waals surface area contributed by atoms with Crippen LogP contribution in [-0.4, -0.2) is 10.9 Å². The molecular weight excluding hydrogens is 325 g/mol. The quantitative estimate of drug-likeness (QED) is 0.719. The lowest BCUT2D eigenvalue weighted by Gasteiger charge is -2.07. The lowest BCUT2D eigenvalue weighted by molar-refractivity contribution is -0.116. The van der Waals surface area contributed by atoms with Crippen LogP contribution in [0.5, 0.6) is 0 Å². The third-order valence-electron chi connectivity index (χ3n) is 3.43. The molecule has 0 fully saturated rings. The molecule has 2 aromatic carbocycles. The predicted molar refractivity (Wildman–Crippen MR) is 80.1 cm³/mol. The van der Waals surface area contributed by atoms with Gasteiger partial charge < -0.3 is 9.73 Å². The van der Waals surface area contributed by atoms with Crippen molar-refractivity contribution in [3.8, 4) is 0 Å². The molecule has 0 aliphatic heterocycles. The fraction of sp³-hybridized carbons (Fsp3) is 0.125. The zero-order valence-electron chi connectivity index (χ0n) is 12.2. The maximum Gasteiger partial charge on any atom is 0.417 e. The molecule has 0 radical (unpaired) electrons. The summed E-state index contributed by atoms with van der Waals surface area (Å²) in [5.74, 6) is -5.54. The number of aromatic amines is 1. The summed E-state index contributed by atoms with van der Waals surface area (Å²) in [5, 5.41) is 2.19. The first kappa shape index (κ1) is 15.9. The molecule has 0 bridgehead atoms. The van der Waals surface area contributed by atoms with Gasteiger partial charge in [0.25, 0.3) is 0 Å². The van der Waals surface area contributed by atoms with Crippen molar-refractivity contribution in [2.75, 3.05) is 5.32 Å². The number of hydrogen-bond donors (Lipinski definition) is 2. The van der Waals surface area contributed by atoms with Gasteiger partial charge in [-0.3, -0.25) is 9.78 Å². The number of halogens is 3. The molecule has 1 heterocycles. The summed E-state index contributed by atoms with van der Waals surface area (Å²) in [5.41, 5.74) is 1.23. The van der Waals surface area contributed by atoms with Crippen LogP contribution in [0.2, 0.25) is 0 Å². The Bertz CT molecular complexity index is 978. The number of hydrogen-bond acceptors (Lipinski definition) is 3. The molecule has 2 N–H and O–H groups in total. The van der Waals surface area contributed by atoms with Crippen molar-refractivity contribution < 1.29 is 22.4 Å². The maximum atomic E-state index is 13.5. The van der Waals surface area contributed by atoms with Crippen LogP contribution in [0.3, 0.4) is 0 Å². The predicted octanol–water partition coefficient (Wildman–Crippen LogP) is 3.11. The van der Waals surface area contributed by atoms with Crippen LogP contribution in [0.15, 0.2) is 39.5 Å². The lowest BCUT2D eigenvalue weighted by atomic mass is 10.1. The van der Waals surface area contributed by atoms with Gasteiger partial charge in [0.15, 0.2) is 23.0 Å². The van der Waals surface area contributed by atoms with Gasteiger partial charge in [0.05, 0.1) is 11.2 Å². The number of anilines is 1. The molecule has 0 saturated heterocycles. The van der Waals surface area contributed by atoms with Crippen LogP contribution in [0, 0.1) is 17.5 Å². The van der Waals surface area contributed by atoms with E-state index in [0.29, 0.717) is 17.5 Å². The molecule has 0 spiro atoms. The third kappa shape index (κ3) is 3.17. The first-order valence-electron chi connectivity index (χ1n) is 6.99. The van der Waals surface area contributed by atoms with Gasteiger partial charge in [-0.05, 0) is 36.2 Å². The number of nitrogens with one attached hydrogen (secondary N) is 2. The zero-order valence-corrected chi connectivity index (χ0v) is 12.2. The van der Waals surface area contributed by atoms with Gasteiger partial charge in [0.1, 0.15) is 0 Å². The Morgan fingerprint density at radius 3 is 2.71 bits per heavy atom. The number of aryl methyl sites for hydroxylation is 1. The van der Waals surface area contributed by atoms with Gasteiger partial charge >= 0.3 is 5.76 Å². The summed E-state index contributed by atoms with van der Waals surface area (Å²) < 4.78 is 44.3. The second-order valence-corrected chi connectivity index (χ2v) is 5.12. The van der Waals surface area contributed by atoms with Crippen LogP contribution in [0.1, 0.15) is 12.0 Å². The smallest absolute Gasteiger partial charge is 0.408 e. The molecule has 0 aliphatic rings. The molecule has 0 atom stereocenters. The van der Waals surface area contributed by atoms with E-state index in [4.69, 9.17) is 4.42 Å². The SMILES string of the molecule is O=C(CCc1ccc2oc(=O)[nH]c2c1)Nc1ccc(F)c(F)c1F. The summed E-state index contributed by atoms with van der Waals surface area (Å²) in [6.45, 7) is 0. The second kappa shape index (κ2) is 6.23.